The number of hydrogen-bond donors (Lipinski definition) is 6. The summed E-state index contributed by atoms with van der Waals surface area (Å²) >= 11 is 0. The van der Waals surface area contributed by atoms with Crippen LogP contribution in [0.3, 0.4) is 0 Å². The number of Topliss-reactive ketones (excluding diaryl/α,β-unsaturated/α-hetero) is 2. The molecule has 0 saturated heterocycles. The standard InChI is InChI=1S/C22H25N3O7/c1-7-8-5-4-6-9(26)11(8)17(27)12-10(7)15(23)14-16(25(2)3)18(28)13(21(24)31)20(30)22(14,32)19(12)29/h4-7,10,14-16,26-27,30,32H,23H2,1-3H3,(H2,24,31)/t7-,10+,14-,15-,16-,22-/m0/s1. The Kier molecular flexibility index (Phi) is 4.74. The van der Waals surface area contributed by atoms with Gasteiger partial charge in [0.05, 0.1) is 11.6 Å². The Labute approximate surface area is 183 Å². The highest BCUT2D eigenvalue weighted by atomic mass is 16.3. The zero-order valence-electron chi connectivity index (χ0n) is 17.7. The molecule has 10 heteroatoms. The fourth-order valence-corrected chi connectivity index (χ4v) is 5.69. The average Bonchev–Trinajstić information content (AvgIpc) is 2.70. The molecule has 10 nitrogen and oxygen atoms in total. The van der Waals surface area contributed by atoms with Crippen LogP contribution >= 0.6 is 0 Å². The van der Waals surface area contributed by atoms with Crippen molar-refractivity contribution >= 4 is 23.2 Å². The van der Waals surface area contributed by atoms with E-state index < -0.39 is 70.0 Å². The van der Waals surface area contributed by atoms with Crippen LogP contribution in [-0.2, 0) is 14.4 Å². The number of carbonyl (C=O) groups is 3. The van der Waals surface area contributed by atoms with Crippen molar-refractivity contribution in [3.8, 4) is 5.75 Å². The average molecular weight is 443 g/mol. The summed E-state index contributed by atoms with van der Waals surface area (Å²) in [6.45, 7) is 1.76. The molecular formula is C22H25N3O7. The fraction of sp³-hybridized carbons (Fsp3) is 0.409. The van der Waals surface area contributed by atoms with Crippen molar-refractivity contribution in [2.45, 2.75) is 30.5 Å². The number of aromatic hydroxyl groups is 1. The minimum atomic E-state index is -2.77. The van der Waals surface area contributed by atoms with Gasteiger partial charge in [-0.3, -0.25) is 19.3 Å². The van der Waals surface area contributed by atoms with Crippen molar-refractivity contribution in [3.05, 3.63) is 46.2 Å². The van der Waals surface area contributed by atoms with E-state index in [-0.39, 0.29) is 16.9 Å². The number of hydrogen-bond acceptors (Lipinski definition) is 9. The summed E-state index contributed by atoms with van der Waals surface area (Å²) in [4.78, 5) is 40.2. The third-order valence-corrected chi connectivity index (χ3v) is 7.09. The predicted molar refractivity (Wildman–Crippen MR) is 112 cm³/mol. The smallest absolute Gasteiger partial charge is 0.255 e. The second-order valence-electron chi connectivity index (χ2n) is 8.88. The molecule has 0 spiro atoms. The number of ketones is 2. The van der Waals surface area contributed by atoms with Crippen LogP contribution in [0.15, 0.2) is 35.1 Å². The molecule has 32 heavy (non-hydrogen) atoms. The van der Waals surface area contributed by atoms with Crippen LogP contribution in [0.25, 0.3) is 5.76 Å². The highest BCUT2D eigenvalue weighted by molar-refractivity contribution is 6.24. The summed E-state index contributed by atoms with van der Waals surface area (Å²) < 4.78 is 0. The number of fused-ring (bicyclic) bond motifs is 3. The van der Waals surface area contributed by atoms with Crippen molar-refractivity contribution in [3.63, 3.8) is 0 Å². The Bertz CT molecular complexity index is 1140. The van der Waals surface area contributed by atoms with Crippen LogP contribution in [0, 0.1) is 11.8 Å². The molecule has 0 aromatic heterocycles. The van der Waals surface area contributed by atoms with E-state index in [1.807, 2.05) is 0 Å². The van der Waals surface area contributed by atoms with E-state index in [9.17, 15) is 34.8 Å². The molecule has 3 aliphatic rings. The second-order valence-corrected chi connectivity index (χ2v) is 8.88. The minimum absolute atomic E-state index is 0.0310. The predicted octanol–water partition coefficient (Wildman–Crippen LogP) is -0.538. The minimum Gasteiger partial charge on any atom is -0.508 e. The maximum Gasteiger partial charge on any atom is 0.255 e. The molecule has 1 aromatic carbocycles. The quantitative estimate of drug-likeness (QED) is 0.326. The van der Waals surface area contributed by atoms with E-state index in [4.69, 9.17) is 11.5 Å². The number of likely N-dealkylation sites (N-methyl/N-ethyl adjacent to an activating group) is 1. The van der Waals surface area contributed by atoms with Gasteiger partial charge in [0.1, 0.15) is 22.8 Å². The third-order valence-electron chi connectivity index (χ3n) is 7.09. The summed E-state index contributed by atoms with van der Waals surface area (Å²) in [5, 5.41) is 43.7. The number of carbonyl (C=O) groups excluding carboxylic acids is 3. The number of phenols is 1. The zero-order chi connectivity index (χ0) is 23.9. The number of nitrogens with two attached hydrogens (primary N) is 2. The van der Waals surface area contributed by atoms with E-state index in [1.165, 1.54) is 25.1 Å². The molecule has 1 saturated carbocycles. The first-order chi connectivity index (χ1) is 14.9. The molecule has 170 valence electrons. The lowest BCUT2D eigenvalue weighted by molar-refractivity contribution is -0.156. The van der Waals surface area contributed by atoms with E-state index in [0.717, 1.165) is 0 Å². The zero-order valence-corrected chi connectivity index (χ0v) is 17.7. The Morgan fingerprint density at radius 3 is 2.34 bits per heavy atom. The molecule has 0 bridgehead atoms. The van der Waals surface area contributed by atoms with E-state index in [2.05, 4.69) is 0 Å². The molecule has 1 aromatic rings. The first kappa shape index (κ1) is 22.0. The first-order valence-corrected chi connectivity index (χ1v) is 10.1. The van der Waals surface area contributed by atoms with Crippen LogP contribution in [0.5, 0.6) is 5.75 Å². The van der Waals surface area contributed by atoms with E-state index in [1.54, 1.807) is 19.1 Å². The van der Waals surface area contributed by atoms with Crippen LogP contribution in [0.2, 0.25) is 0 Å². The van der Waals surface area contributed by atoms with E-state index in [0.29, 0.717) is 5.56 Å². The van der Waals surface area contributed by atoms with Crippen molar-refractivity contribution in [2.24, 2.45) is 23.3 Å². The monoisotopic (exact) mass is 443 g/mol. The number of primary amides is 1. The van der Waals surface area contributed by atoms with E-state index >= 15 is 0 Å². The summed E-state index contributed by atoms with van der Waals surface area (Å²) in [6, 6.07) is 2.29. The molecule has 0 unspecified atom stereocenters. The molecule has 8 N–H and O–H groups in total. The van der Waals surface area contributed by atoms with Gasteiger partial charge in [0.25, 0.3) is 5.91 Å². The number of aliphatic hydroxyl groups excluding tert-OH is 2. The number of amides is 1. The summed E-state index contributed by atoms with van der Waals surface area (Å²) in [7, 11) is 3.03. The Morgan fingerprint density at radius 1 is 1.16 bits per heavy atom. The van der Waals surface area contributed by atoms with Crippen molar-refractivity contribution in [2.75, 3.05) is 14.1 Å². The van der Waals surface area contributed by atoms with Crippen molar-refractivity contribution in [1.82, 2.24) is 4.90 Å². The molecule has 0 heterocycles. The molecular weight excluding hydrogens is 418 g/mol. The van der Waals surface area contributed by atoms with Gasteiger partial charge in [0.15, 0.2) is 11.4 Å². The number of nitrogens with zero attached hydrogens (tertiary/aromatic N) is 1. The van der Waals surface area contributed by atoms with Crippen LogP contribution < -0.4 is 11.5 Å². The SMILES string of the molecule is C[C@H]1c2cccc(O)c2C(O)=C2C(=O)[C@]3(O)C(O)=C(C(N)=O)C(=O)[C@@H](N(C)C)[C@@H]3[C@@H](N)[C@@H]21. The van der Waals surface area contributed by atoms with Gasteiger partial charge in [-0.1, -0.05) is 19.1 Å². The lowest BCUT2D eigenvalue weighted by atomic mass is 9.53. The van der Waals surface area contributed by atoms with Crippen LogP contribution in [0.4, 0.5) is 0 Å². The Balaban J connectivity index is 2.07. The first-order valence-electron chi connectivity index (χ1n) is 10.1. The highest BCUT2D eigenvalue weighted by Gasteiger charge is 2.67. The summed E-state index contributed by atoms with van der Waals surface area (Å²) in [5.74, 6) is -7.90. The van der Waals surface area contributed by atoms with Crippen LogP contribution in [-0.4, -0.2) is 74.6 Å². The van der Waals surface area contributed by atoms with Gasteiger partial charge in [0, 0.05) is 23.5 Å². The largest absolute Gasteiger partial charge is 0.508 e. The lowest BCUT2D eigenvalue weighted by Crippen LogP contribution is -2.72. The van der Waals surface area contributed by atoms with Gasteiger partial charge in [-0.2, -0.15) is 0 Å². The topological polar surface area (TPSA) is 187 Å². The second kappa shape index (κ2) is 6.89. The van der Waals surface area contributed by atoms with Gasteiger partial charge < -0.3 is 31.9 Å². The highest BCUT2D eigenvalue weighted by Crippen LogP contribution is 2.55. The number of aliphatic hydroxyl groups is 3. The molecule has 0 aliphatic heterocycles. The van der Waals surface area contributed by atoms with Gasteiger partial charge in [-0.25, -0.2) is 0 Å². The number of rotatable bonds is 2. The van der Waals surface area contributed by atoms with Gasteiger partial charge in [0.2, 0.25) is 5.78 Å². The molecule has 3 aliphatic carbocycles. The molecule has 1 fully saturated rings. The molecule has 6 atom stereocenters. The molecule has 1 amide bonds. The van der Waals surface area contributed by atoms with Gasteiger partial charge in [-0.05, 0) is 31.6 Å². The van der Waals surface area contributed by atoms with Crippen molar-refractivity contribution < 1.29 is 34.8 Å². The maximum atomic E-state index is 13.7. The Morgan fingerprint density at radius 2 is 1.78 bits per heavy atom. The fourth-order valence-electron chi connectivity index (χ4n) is 5.69. The number of phenolic OH excluding ortho intramolecular Hbond substituents is 1. The third kappa shape index (κ3) is 2.48. The molecule has 0 radical (unpaired) electrons. The molecule has 4 rings (SSSR count). The maximum absolute atomic E-state index is 13.7. The van der Waals surface area contributed by atoms with Crippen molar-refractivity contribution in [1.29, 1.82) is 0 Å². The van der Waals surface area contributed by atoms with Gasteiger partial charge >= 0.3 is 0 Å². The summed E-state index contributed by atoms with van der Waals surface area (Å²) in [5.41, 5.74) is 8.51. The normalized spacial score (nSPS) is 34.4. The lowest BCUT2D eigenvalue weighted by Gasteiger charge is -2.54. The van der Waals surface area contributed by atoms with Gasteiger partial charge in [-0.15, -0.1) is 0 Å². The number of benzene rings is 1. The Hall–Kier alpha value is -3.21. The summed E-state index contributed by atoms with van der Waals surface area (Å²) in [6.07, 6.45) is 0. The van der Waals surface area contributed by atoms with Crippen LogP contribution in [0.1, 0.15) is 24.0 Å².